The number of anilines is 2. The standard InChI is InChI=1S/C22H24N6O5S/c1-26-5-7-27(8-6-26)21-4-3-15(11-23-21)25-22(29)17-9-19(32-2)20(10-18(17)28(30)31)33-12-16-13-34-14-24-16/h3-4,9-11,13-14H,5-8,12H2,1-2H3,(H,25,29). The van der Waals surface area contributed by atoms with Crippen LogP contribution < -0.4 is 19.7 Å². The summed E-state index contributed by atoms with van der Waals surface area (Å²) in [6.07, 6.45) is 1.54. The highest BCUT2D eigenvalue weighted by Crippen LogP contribution is 2.35. The number of hydrogen-bond donors (Lipinski definition) is 1. The summed E-state index contributed by atoms with van der Waals surface area (Å²) in [5, 5.41) is 16.2. The van der Waals surface area contributed by atoms with Crippen LogP contribution >= 0.6 is 11.3 Å². The summed E-state index contributed by atoms with van der Waals surface area (Å²) in [7, 11) is 3.48. The molecule has 1 aliphatic heterocycles. The topological polar surface area (TPSA) is 123 Å². The van der Waals surface area contributed by atoms with E-state index in [4.69, 9.17) is 9.47 Å². The van der Waals surface area contributed by atoms with Gasteiger partial charge < -0.3 is 24.6 Å². The van der Waals surface area contributed by atoms with E-state index >= 15 is 0 Å². The van der Waals surface area contributed by atoms with E-state index in [0.29, 0.717) is 11.4 Å². The maximum atomic E-state index is 12.9. The molecule has 12 heteroatoms. The fourth-order valence-electron chi connectivity index (χ4n) is 3.50. The molecule has 3 heterocycles. The predicted molar refractivity (Wildman–Crippen MR) is 128 cm³/mol. The highest BCUT2D eigenvalue weighted by atomic mass is 32.1. The molecule has 1 aliphatic rings. The second-order valence-electron chi connectivity index (χ2n) is 7.70. The Morgan fingerprint density at radius 3 is 2.62 bits per heavy atom. The Bertz CT molecular complexity index is 1150. The molecule has 0 bridgehead atoms. The second kappa shape index (κ2) is 10.4. The first-order chi connectivity index (χ1) is 16.4. The minimum Gasteiger partial charge on any atom is -0.493 e. The van der Waals surface area contributed by atoms with Crippen molar-refractivity contribution in [3.8, 4) is 11.5 Å². The SMILES string of the molecule is COc1cc(C(=O)Nc2ccc(N3CCN(C)CC3)nc2)c([N+](=O)[O-])cc1OCc1cscn1. The Morgan fingerprint density at radius 1 is 1.21 bits per heavy atom. The zero-order valence-electron chi connectivity index (χ0n) is 18.8. The number of ether oxygens (including phenoxy) is 2. The number of nitrogens with one attached hydrogen (secondary N) is 1. The van der Waals surface area contributed by atoms with Crippen molar-refractivity contribution in [2.24, 2.45) is 0 Å². The smallest absolute Gasteiger partial charge is 0.286 e. The number of aromatic nitrogens is 2. The van der Waals surface area contributed by atoms with Crippen molar-refractivity contribution in [2.75, 3.05) is 50.6 Å². The molecule has 0 atom stereocenters. The molecule has 11 nitrogen and oxygen atoms in total. The number of nitro groups is 1. The molecule has 0 saturated carbocycles. The normalized spacial score (nSPS) is 14.0. The van der Waals surface area contributed by atoms with E-state index in [1.165, 1.54) is 30.6 Å². The van der Waals surface area contributed by atoms with Crippen LogP contribution in [0.5, 0.6) is 11.5 Å². The lowest BCUT2D eigenvalue weighted by atomic mass is 10.1. The van der Waals surface area contributed by atoms with Crippen LogP contribution in [-0.4, -0.2) is 66.0 Å². The maximum Gasteiger partial charge on any atom is 0.286 e. The van der Waals surface area contributed by atoms with Gasteiger partial charge in [0.1, 0.15) is 18.0 Å². The van der Waals surface area contributed by atoms with Gasteiger partial charge in [-0.25, -0.2) is 9.97 Å². The van der Waals surface area contributed by atoms with E-state index in [1.807, 2.05) is 11.4 Å². The zero-order chi connectivity index (χ0) is 24.1. The number of nitrogens with zero attached hydrogens (tertiary/aromatic N) is 5. The van der Waals surface area contributed by atoms with E-state index in [9.17, 15) is 14.9 Å². The number of carbonyl (C=O) groups excluding carboxylic acids is 1. The fourth-order valence-corrected chi connectivity index (χ4v) is 4.04. The number of likely N-dealkylation sites (N-methyl/N-ethyl adjacent to an activating group) is 1. The molecule has 1 saturated heterocycles. The minimum absolute atomic E-state index is 0.119. The van der Waals surface area contributed by atoms with Gasteiger partial charge in [0.05, 0.1) is 41.2 Å². The number of carbonyl (C=O) groups is 1. The molecule has 1 amide bonds. The molecule has 3 aromatic rings. The Hall–Kier alpha value is -3.77. The number of pyridine rings is 1. The van der Waals surface area contributed by atoms with Gasteiger partial charge in [0.2, 0.25) is 0 Å². The largest absolute Gasteiger partial charge is 0.493 e. The molecule has 34 heavy (non-hydrogen) atoms. The second-order valence-corrected chi connectivity index (χ2v) is 8.41. The molecular weight excluding hydrogens is 460 g/mol. The first kappa shape index (κ1) is 23.4. The third-order valence-corrected chi connectivity index (χ3v) is 6.05. The first-order valence-electron chi connectivity index (χ1n) is 10.5. The van der Waals surface area contributed by atoms with Gasteiger partial charge in [-0.05, 0) is 19.2 Å². The Labute approximate surface area is 200 Å². The van der Waals surface area contributed by atoms with Crippen LogP contribution in [0.25, 0.3) is 0 Å². The van der Waals surface area contributed by atoms with Gasteiger partial charge in [-0.2, -0.15) is 0 Å². The van der Waals surface area contributed by atoms with E-state index in [2.05, 4.69) is 32.1 Å². The number of rotatable bonds is 8. The Kier molecular flexibility index (Phi) is 7.18. The molecule has 0 unspecified atom stereocenters. The van der Waals surface area contributed by atoms with Gasteiger partial charge in [-0.3, -0.25) is 14.9 Å². The minimum atomic E-state index is -0.648. The summed E-state index contributed by atoms with van der Waals surface area (Å²) in [6, 6.07) is 6.04. The number of hydrogen-bond acceptors (Lipinski definition) is 10. The molecule has 0 spiro atoms. The fraction of sp³-hybridized carbons (Fsp3) is 0.318. The molecule has 0 aliphatic carbocycles. The lowest BCUT2D eigenvalue weighted by Crippen LogP contribution is -2.44. The maximum absolute atomic E-state index is 12.9. The number of methoxy groups -OCH3 is 1. The number of thiazole rings is 1. The molecule has 0 radical (unpaired) electrons. The lowest BCUT2D eigenvalue weighted by molar-refractivity contribution is -0.385. The van der Waals surface area contributed by atoms with Crippen LogP contribution in [0.1, 0.15) is 16.1 Å². The summed E-state index contributed by atoms with van der Waals surface area (Å²) >= 11 is 1.42. The lowest BCUT2D eigenvalue weighted by Gasteiger charge is -2.33. The van der Waals surface area contributed by atoms with E-state index in [-0.39, 0.29) is 23.7 Å². The van der Waals surface area contributed by atoms with Crippen molar-refractivity contribution in [1.82, 2.24) is 14.9 Å². The highest BCUT2D eigenvalue weighted by Gasteiger charge is 2.25. The van der Waals surface area contributed by atoms with E-state index in [0.717, 1.165) is 32.0 Å². The van der Waals surface area contributed by atoms with Crippen molar-refractivity contribution in [3.63, 3.8) is 0 Å². The van der Waals surface area contributed by atoms with Crippen molar-refractivity contribution in [3.05, 3.63) is 62.7 Å². The van der Waals surface area contributed by atoms with Gasteiger partial charge >= 0.3 is 0 Å². The Morgan fingerprint density at radius 2 is 2.00 bits per heavy atom. The zero-order valence-corrected chi connectivity index (χ0v) is 19.6. The number of nitro benzene ring substituents is 1. The average Bonchev–Trinajstić information content (AvgIpc) is 3.37. The molecule has 1 fully saturated rings. The van der Waals surface area contributed by atoms with E-state index < -0.39 is 16.5 Å². The van der Waals surface area contributed by atoms with Crippen LogP contribution in [-0.2, 0) is 6.61 Å². The van der Waals surface area contributed by atoms with Gasteiger partial charge in [0.15, 0.2) is 11.5 Å². The third kappa shape index (κ3) is 5.41. The summed E-state index contributed by atoms with van der Waals surface area (Å²) in [5.41, 5.74) is 2.24. The molecule has 178 valence electrons. The van der Waals surface area contributed by atoms with Crippen molar-refractivity contribution < 1.29 is 19.2 Å². The van der Waals surface area contributed by atoms with Gasteiger partial charge in [0, 0.05) is 37.6 Å². The highest BCUT2D eigenvalue weighted by molar-refractivity contribution is 7.07. The molecule has 1 N–H and O–H groups in total. The molecule has 2 aromatic heterocycles. The van der Waals surface area contributed by atoms with Crippen molar-refractivity contribution in [2.45, 2.75) is 6.61 Å². The van der Waals surface area contributed by atoms with Gasteiger partial charge in [-0.1, -0.05) is 0 Å². The molecular formula is C22H24N6O5S. The first-order valence-corrected chi connectivity index (χ1v) is 11.5. The summed E-state index contributed by atoms with van der Waals surface area (Å²) in [4.78, 5) is 37.0. The summed E-state index contributed by atoms with van der Waals surface area (Å²) in [6.45, 7) is 3.77. The monoisotopic (exact) mass is 484 g/mol. The van der Waals surface area contributed by atoms with Crippen molar-refractivity contribution in [1.29, 1.82) is 0 Å². The molecule has 4 rings (SSSR count). The Balaban J connectivity index is 1.50. The van der Waals surface area contributed by atoms with Gasteiger partial charge in [0.25, 0.3) is 11.6 Å². The van der Waals surface area contributed by atoms with Crippen LogP contribution in [0.2, 0.25) is 0 Å². The predicted octanol–water partition coefficient (Wildman–Crippen LogP) is 3.04. The average molecular weight is 485 g/mol. The number of amides is 1. The van der Waals surface area contributed by atoms with Crippen LogP contribution in [0.15, 0.2) is 41.4 Å². The van der Waals surface area contributed by atoms with Crippen molar-refractivity contribution >= 4 is 34.4 Å². The van der Waals surface area contributed by atoms with Crippen LogP contribution in [0, 0.1) is 10.1 Å². The van der Waals surface area contributed by atoms with Crippen LogP contribution in [0.3, 0.4) is 0 Å². The number of piperazine rings is 1. The third-order valence-electron chi connectivity index (χ3n) is 5.42. The quantitative estimate of drug-likeness (QED) is 0.379. The van der Waals surface area contributed by atoms with Gasteiger partial charge in [-0.15, -0.1) is 11.3 Å². The number of benzene rings is 1. The van der Waals surface area contributed by atoms with Crippen LogP contribution in [0.4, 0.5) is 17.2 Å². The van der Waals surface area contributed by atoms with E-state index in [1.54, 1.807) is 17.8 Å². The summed E-state index contributed by atoms with van der Waals surface area (Å²) in [5.74, 6) is 0.525. The molecule has 1 aromatic carbocycles. The summed E-state index contributed by atoms with van der Waals surface area (Å²) < 4.78 is 11.0.